The minimum atomic E-state index is -0.354. The van der Waals surface area contributed by atoms with Gasteiger partial charge in [-0.15, -0.1) is 0 Å². The third-order valence-electron chi connectivity index (χ3n) is 4.07. The van der Waals surface area contributed by atoms with E-state index in [2.05, 4.69) is 24.9 Å². The maximum absolute atomic E-state index is 13.6. The van der Waals surface area contributed by atoms with Crippen molar-refractivity contribution in [2.45, 2.75) is 0 Å². The number of aromatic amines is 1. The van der Waals surface area contributed by atoms with Crippen LogP contribution in [0.3, 0.4) is 0 Å². The number of phenolic OH excluding ortho intramolecular Hbond substituents is 1. The van der Waals surface area contributed by atoms with E-state index in [-0.39, 0.29) is 11.6 Å². The molecule has 126 valence electrons. The second kappa shape index (κ2) is 5.35. The predicted molar refractivity (Wildman–Crippen MR) is 93.4 cm³/mol. The van der Waals surface area contributed by atoms with Crippen molar-refractivity contribution >= 4 is 22.2 Å². The molecule has 0 unspecified atom stereocenters. The highest BCUT2D eigenvalue weighted by atomic mass is 19.1. The topological polar surface area (TPSA) is 92.5 Å². The van der Waals surface area contributed by atoms with E-state index in [4.69, 9.17) is 0 Å². The molecule has 5 rings (SSSR count). The van der Waals surface area contributed by atoms with Crippen LogP contribution in [0.5, 0.6) is 5.75 Å². The van der Waals surface area contributed by atoms with E-state index in [0.717, 1.165) is 5.56 Å². The summed E-state index contributed by atoms with van der Waals surface area (Å²) in [4.78, 5) is 20.6. The Morgan fingerprint density at radius 1 is 1.00 bits per heavy atom. The lowest BCUT2D eigenvalue weighted by molar-refractivity contribution is 0.475. The Hall–Kier alpha value is -3.81. The molecule has 2 N–H and O–H groups in total. The summed E-state index contributed by atoms with van der Waals surface area (Å²) in [6.07, 6.45) is 3.14. The average Bonchev–Trinajstić information content (AvgIpc) is 3.24. The molecule has 0 aliphatic carbocycles. The largest absolute Gasteiger partial charge is 0.508 e. The van der Waals surface area contributed by atoms with Gasteiger partial charge in [-0.25, -0.2) is 19.3 Å². The van der Waals surface area contributed by atoms with Gasteiger partial charge in [-0.05, 0) is 24.3 Å². The molecule has 0 fully saturated rings. The number of nitrogens with zero attached hydrogens (tertiary/aromatic N) is 5. The van der Waals surface area contributed by atoms with Gasteiger partial charge in [0.25, 0.3) is 0 Å². The lowest BCUT2D eigenvalue weighted by atomic mass is 10.2. The first-order valence-corrected chi connectivity index (χ1v) is 7.82. The Bertz CT molecular complexity index is 1280. The number of phenols is 1. The van der Waals surface area contributed by atoms with Gasteiger partial charge < -0.3 is 10.1 Å². The maximum Gasteiger partial charge on any atom is 0.237 e. The van der Waals surface area contributed by atoms with Crippen molar-refractivity contribution in [2.75, 3.05) is 0 Å². The van der Waals surface area contributed by atoms with E-state index in [1.807, 2.05) is 6.07 Å². The molecule has 8 heteroatoms. The molecule has 3 heterocycles. The lowest BCUT2D eigenvalue weighted by Gasteiger charge is -2.01. The van der Waals surface area contributed by atoms with Crippen molar-refractivity contribution in [3.05, 3.63) is 60.8 Å². The maximum atomic E-state index is 13.6. The minimum absolute atomic E-state index is 0.154. The first-order valence-electron chi connectivity index (χ1n) is 7.82. The van der Waals surface area contributed by atoms with Crippen molar-refractivity contribution in [3.63, 3.8) is 0 Å². The zero-order chi connectivity index (χ0) is 17.7. The number of aromatic hydroxyl groups is 1. The molecule has 0 saturated carbocycles. The zero-order valence-corrected chi connectivity index (χ0v) is 13.3. The number of imidazole rings is 2. The van der Waals surface area contributed by atoms with E-state index >= 15 is 0 Å². The van der Waals surface area contributed by atoms with Gasteiger partial charge in [0.2, 0.25) is 5.95 Å². The molecule has 0 spiro atoms. The summed E-state index contributed by atoms with van der Waals surface area (Å²) in [6, 6.07) is 11.1. The van der Waals surface area contributed by atoms with Crippen LogP contribution >= 0.6 is 0 Å². The highest BCUT2D eigenvalue weighted by Crippen LogP contribution is 2.23. The molecule has 7 nitrogen and oxygen atoms in total. The zero-order valence-electron chi connectivity index (χ0n) is 13.3. The smallest absolute Gasteiger partial charge is 0.237 e. The van der Waals surface area contributed by atoms with Gasteiger partial charge in [0.15, 0.2) is 5.65 Å². The van der Waals surface area contributed by atoms with Crippen LogP contribution in [-0.2, 0) is 0 Å². The monoisotopic (exact) mass is 346 g/mol. The van der Waals surface area contributed by atoms with Crippen LogP contribution in [0, 0.1) is 5.82 Å². The molecular weight excluding hydrogens is 335 g/mol. The molecule has 0 bridgehead atoms. The lowest BCUT2D eigenvalue weighted by Crippen LogP contribution is -1.99. The molecule has 3 aromatic heterocycles. The van der Waals surface area contributed by atoms with E-state index in [0.29, 0.717) is 34.0 Å². The third-order valence-corrected chi connectivity index (χ3v) is 4.07. The molecule has 2 aromatic carbocycles. The van der Waals surface area contributed by atoms with E-state index in [1.54, 1.807) is 41.4 Å². The van der Waals surface area contributed by atoms with E-state index < -0.39 is 0 Å². The Balaban J connectivity index is 1.64. The van der Waals surface area contributed by atoms with Crippen LogP contribution in [0.4, 0.5) is 4.39 Å². The average molecular weight is 346 g/mol. The van der Waals surface area contributed by atoms with Crippen LogP contribution in [0.1, 0.15) is 0 Å². The summed E-state index contributed by atoms with van der Waals surface area (Å²) in [5.41, 5.74) is 3.09. The van der Waals surface area contributed by atoms with Crippen molar-refractivity contribution in [1.82, 2.24) is 29.5 Å². The number of H-pyrrole nitrogens is 1. The molecule has 26 heavy (non-hydrogen) atoms. The van der Waals surface area contributed by atoms with Crippen LogP contribution in [0.25, 0.3) is 39.5 Å². The van der Waals surface area contributed by atoms with Crippen molar-refractivity contribution in [1.29, 1.82) is 0 Å². The summed E-state index contributed by atoms with van der Waals surface area (Å²) in [7, 11) is 0. The summed E-state index contributed by atoms with van der Waals surface area (Å²) in [5.74, 6) is 0.732. The number of rotatable bonds is 2. The predicted octanol–water partition coefficient (Wildman–Crippen LogP) is 3.20. The molecule has 0 amide bonds. The number of benzene rings is 2. The Kier molecular flexibility index (Phi) is 2.99. The molecule has 0 aliphatic rings. The molecule has 0 atom stereocenters. The second-order valence-electron chi connectivity index (χ2n) is 5.79. The normalized spacial score (nSPS) is 11.4. The quantitative estimate of drug-likeness (QED) is 0.512. The number of fused-ring (bicyclic) bond motifs is 2. The van der Waals surface area contributed by atoms with Gasteiger partial charge in [-0.3, -0.25) is 4.57 Å². The highest BCUT2D eigenvalue weighted by Gasteiger charge is 2.12. The van der Waals surface area contributed by atoms with Gasteiger partial charge in [0.05, 0.1) is 17.2 Å². The van der Waals surface area contributed by atoms with Crippen LogP contribution in [0.2, 0.25) is 0 Å². The second-order valence-corrected chi connectivity index (χ2v) is 5.79. The standard InChI is InChI=1S/C18H11FN6O/c19-11-4-5-13-15(7-11)25(9-21-13)18-20-8-14-17(24-18)23-16(22-14)10-2-1-3-12(26)6-10/h1-9,26H,(H,20,22,23,24). The Morgan fingerprint density at radius 2 is 1.92 bits per heavy atom. The van der Waals surface area contributed by atoms with Crippen LogP contribution in [0.15, 0.2) is 55.0 Å². The fourth-order valence-corrected chi connectivity index (χ4v) is 2.85. The summed E-state index contributed by atoms with van der Waals surface area (Å²) in [6.45, 7) is 0. The summed E-state index contributed by atoms with van der Waals surface area (Å²) < 4.78 is 15.2. The first kappa shape index (κ1) is 14.5. The molecule has 0 aliphatic heterocycles. The summed E-state index contributed by atoms with van der Waals surface area (Å²) >= 11 is 0. The number of aromatic nitrogens is 6. The van der Waals surface area contributed by atoms with Gasteiger partial charge in [-0.1, -0.05) is 12.1 Å². The van der Waals surface area contributed by atoms with Crippen molar-refractivity contribution in [3.8, 4) is 23.1 Å². The van der Waals surface area contributed by atoms with E-state index in [9.17, 15) is 9.50 Å². The first-order chi connectivity index (χ1) is 12.7. The number of hydrogen-bond acceptors (Lipinski definition) is 5. The highest BCUT2D eigenvalue weighted by molar-refractivity contribution is 5.78. The van der Waals surface area contributed by atoms with Crippen LogP contribution < -0.4 is 0 Å². The third kappa shape index (κ3) is 2.27. The van der Waals surface area contributed by atoms with Crippen LogP contribution in [-0.4, -0.2) is 34.6 Å². The molecule has 0 radical (unpaired) electrons. The van der Waals surface area contributed by atoms with Gasteiger partial charge >= 0.3 is 0 Å². The van der Waals surface area contributed by atoms with Gasteiger partial charge in [0.1, 0.15) is 29.2 Å². The molecular formula is C18H11FN6O. The van der Waals surface area contributed by atoms with Crippen molar-refractivity contribution in [2.24, 2.45) is 0 Å². The Labute approximate surface area is 145 Å². The van der Waals surface area contributed by atoms with Gasteiger partial charge in [-0.2, -0.15) is 4.98 Å². The number of hydrogen-bond donors (Lipinski definition) is 2. The molecule has 0 saturated heterocycles. The molecule has 5 aromatic rings. The fraction of sp³-hybridized carbons (Fsp3) is 0. The van der Waals surface area contributed by atoms with E-state index in [1.165, 1.54) is 12.1 Å². The number of nitrogens with one attached hydrogen (secondary N) is 1. The summed E-state index contributed by atoms with van der Waals surface area (Å²) in [5, 5.41) is 9.63. The minimum Gasteiger partial charge on any atom is -0.508 e. The Morgan fingerprint density at radius 3 is 2.81 bits per heavy atom. The SMILES string of the molecule is Oc1cccc(-c2nc3cnc(-n4cnc5ccc(F)cc54)nc3[nH]2)c1. The number of halogens is 1. The van der Waals surface area contributed by atoms with Gasteiger partial charge in [0, 0.05) is 11.6 Å². The van der Waals surface area contributed by atoms with Crippen molar-refractivity contribution < 1.29 is 9.50 Å². The fourth-order valence-electron chi connectivity index (χ4n) is 2.85.